The molecule has 0 aromatic rings. The summed E-state index contributed by atoms with van der Waals surface area (Å²) in [7, 11) is 3.41. The van der Waals surface area contributed by atoms with Crippen molar-refractivity contribution in [3.63, 3.8) is 0 Å². The van der Waals surface area contributed by atoms with Crippen molar-refractivity contribution in [1.82, 2.24) is 4.90 Å². The van der Waals surface area contributed by atoms with Gasteiger partial charge in [0, 0.05) is 32.2 Å². The van der Waals surface area contributed by atoms with Crippen LogP contribution in [0.4, 0.5) is 0 Å². The van der Waals surface area contributed by atoms with Crippen LogP contribution in [-0.2, 0) is 14.3 Å². The van der Waals surface area contributed by atoms with E-state index in [0.717, 1.165) is 25.9 Å². The molecule has 1 amide bonds. The summed E-state index contributed by atoms with van der Waals surface area (Å²) in [6.07, 6.45) is 3.17. The highest BCUT2D eigenvalue weighted by Gasteiger charge is 2.55. The first kappa shape index (κ1) is 17.4. The number of ether oxygens (including phenoxy) is 2. The van der Waals surface area contributed by atoms with Crippen molar-refractivity contribution >= 4 is 5.91 Å². The van der Waals surface area contributed by atoms with Crippen LogP contribution in [0.15, 0.2) is 0 Å². The third kappa shape index (κ3) is 3.00. The van der Waals surface area contributed by atoms with Crippen molar-refractivity contribution in [2.45, 2.75) is 58.2 Å². The first-order valence-corrected chi connectivity index (χ1v) is 7.61. The topological polar surface area (TPSA) is 64.8 Å². The molecule has 2 N–H and O–H groups in total. The Hall–Kier alpha value is -0.650. The molecule has 1 aliphatic rings. The van der Waals surface area contributed by atoms with Gasteiger partial charge in [0.15, 0.2) is 0 Å². The van der Waals surface area contributed by atoms with E-state index >= 15 is 0 Å². The van der Waals surface area contributed by atoms with Gasteiger partial charge in [-0.2, -0.15) is 0 Å². The number of likely N-dealkylation sites (N-methyl/N-ethyl adjacent to an activating group) is 1. The lowest BCUT2D eigenvalue weighted by atomic mass is 9.58. The minimum absolute atomic E-state index is 0.0435. The van der Waals surface area contributed by atoms with E-state index in [1.807, 2.05) is 18.9 Å². The van der Waals surface area contributed by atoms with Crippen LogP contribution in [0.25, 0.3) is 0 Å². The van der Waals surface area contributed by atoms with Crippen molar-refractivity contribution in [3.8, 4) is 0 Å². The van der Waals surface area contributed by atoms with Crippen LogP contribution in [0.3, 0.4) is 0 Å². The largest absolute Gasteiger partial charge is 0.383 e. The lowest BCUT2D eigenvalue weighted by molar-refractivity contribution is -0.178. The molecule has 1 fully saturated rings. The summed E-state index contributed by atoms with van der Waals surface area (Å²) in [4.78, 5) is 14.1. The average Bonchev–Trinajstić information content (AvgIpc) is 2.43. The van der Waals surface area contributed by atoms with Gasteiger partial charge < -0.3 is 20.1 Å². The predicted molar refractivity (Wildman–Crippen MR) is 79.5 cm³/mol. The van der Waals surface area contributed by atoms with Crippen LogP contribution >= 0.6 is 0 Å². The smallest absolute Gasteiger partial charge is 0.241 e. The van der Waals surface area contributed by atoms with Crippen LogP contribution < -0.4 is 5.73 Å². The summed E-state index contributed by atoms with van der Waals surface area (Å²) in [5, 5.41) is 0. The van der Waals surface area contributed by atoms with E-state index in [0.29, 0.717) is 0 Å². The van der Waals surface area contributed by atoms with Crippen LogP contribution in [0.2, 0.25) is 0 Å². The molecule has 5 heteroatoms. The van der Waals surface area contributed by atoms with Crippen LogP contribution in [0, 0.1) is 5.41 Å². The van der Waals surface area contributed by atoms with Gasteiger partial charge in [-0.15, -0.1) is 0 Å². The number of hydrogen-bond acceptors (Lipinski definition) is 4. The number of methoxy groups -OCH3 is 1. The van der Waals surface area contributed by atoms with Gasteiger partial charge in [-0.3, -0.25) is 4.79 Å². The number of hydrogen-bond donors (Lipinski definition) is 1. The van der Waals surface area contributed by atoms with E-state index in [1.165, 1.54) is 0 Å². The average molecular weight is 286 g/mol. The van der Waals surface area contributed by atoms with Gasteiger partial charge in [0.25, 0.3) is 0 Å². The second-order valence-electron chi connectivity index (χ2n) is 5.65. The molecule has 3 unspecified atom stereocenters. The van der Waals surface area contributed by atoms with Gasteiger partial charge in [-0.05, 0) is 26.2 Å². The molecular weight excluding hydrogens is 256 g/mol. The normalized spacial score (nSPS) is 25.9. The first-order valence-electron chi connectivity index (χ1n) is 7.61. The number of nitrogens with zero attached hydrogens (tertiary/aromatic N) is 1. The number of nitrogens with two attached hydrogens (primary N) is 1. The maximum Gasteiger partial charge on any atom is 0.241 e. The van der Waals surface area contributed by atoms with Gasteiger partial charge >= 0.3 is 0 Å². The molecular formula is C15H30N2O3. The standard InChI is InChI=1S/C15H30N2O3/c1-6-15(7-2)12(9-13(15)20-8-3)17(4)14(18)11(16)10-19-5/h11-13H,6-10,16H2,1-5H3. The molecule has 0 heterocycles. The zero-order valence-electron chi connectivity index (χ0n) is 13.5. The highest BCUT2D eigenvalue weighted by Crippen LogP contribution is 2.51. The van der Waals surface area contributed by atoms with Crippen molar-refractivity contribution in [3.05, 3.63) is 0 Å². The van der Waals surface area contributed by atoms with E-state index in [2.05, 4.69) is 13.8 Å². The number of rotatable bonds is 8. The molecule has 0 aliphatic heterocycles. The third-order valence-corrected chi connectivity index (χ3v) is 4.91. The van der Waals surface area contributed by atoms with Gasteiger partial charge in [0.1, 0.15) is 6.04 Å². The molecule has 1 aliphatic carbocycles. The Kier molecular flexibility index (Phi) is 6.43. The van der Waals surface area contributed by atoms with E-state index in [4.69, 9.17) is 15.2 Å². The van der Waals surface area contributed by atoms with E-state index < -0.39 is 6.04 Å². The molecule has 0 bridgehead atoms. The second kappa shape index (κ2) is 7.38. The Morgan fingerprint density at radius 3 is 2.45 bits per heavy atom. The maximum absolute atomic E-state index is 12.3. The van der Waals surface area contributed by atoms with Crippen molar-refractivity contribution < 1.29 is 14.3 Å². The lowest BCUT2D eigenvalue weighted by Gasteiger charge is -2.58. The Labute approximate surface area is 122 Å². The van der Waals surface area contributed by atoms with Crippen molar-refractivity contribution in [2.24, 2.45) is 11.1 Å². The quantitative estimate of drug-likeness (QED) is 0.732. The molecule has 0 spiro atoms. The summed E-state index contributed by atoms with van der Waals surface area (Å²) >= 11 is 0. The molecule has 118 valence electrons. The van der Waals surface area contributed by atoms with Crippen LogP contribution in [-0.4, -0.2) is 56.4 Å². The molecule has 0 aromatic carbocycles. The molecule has 1 rings (SSSR count). The van der Waals surface area contributed by atoms with Crippen molar-refractivity contribution in [2.75, 3.05) is 27.4 Å². The van der Waals surface area contributed by atoms with E-state index in [-0.39, 0.29) is 30.1 Å². The van der Waals surface area contributed by atoms with Gasteiger partial charge in [-0.1, -0.05) is 13.8 Å². The van der Waals surface area contributed by atoms with E-state index in [9.17, 15) is 4.79 Å². The Bertz CT molecular complexity index is 318. The summed E-state index contributed by atoms with van der Waals surface area (Å²) in [6.45, 7) is 7.35. The Morgan fingerprint density at radius 1 is 1.40 bits per heavy atom. The number of amides is 1. The van der Waals surface area contributed by atoms with Gasteiger partial charge in [0.2, 0.25) is 5.91 Å². The minimum atomic E-state index is -0.581. The SMILES string of the molecule is CCOC1CC(N(C)C(=O)C(N)COC)C1(CC)CC. The summed E-state index contributed by atoms with van der Waals surface area (Å²) < 4.78 is 10.8. The van der Waals surface area contributed by atoms with Gasteiger partial charge in [-0.25, -0.2) is 0 Å². The number of carbonyl (C=O) groups excluding carboxylic acids is 1. The molecule has 0 aromatic heterocycles. The first-order chi connectivity index (χ1) is 9.48. The second-order valence-corrected chi connectivity index (χ2v) is 5.65. The third-order valence-electron chi connectivity index (χ3n) is 4.91. The highest BCUT2D eigenvalue weighted by molar-refractivity contribution is 5.82. The zero-order chi connectivity index (χ0) is 15.3. The summed E-state index contributed by atoms with van der Waals surface area (Å²) in [6, 6.07) is -0.369. The Balaban J connectivity index is 2.78. The molecule has 1 saturated carbocycles. The van der Waals surface area contributed by atoms with Crippen LogP contribution in [0.5, 0.6) is 0 Å². The van der Waals surface area contributed by atoms with Gasteiger partial charge in [0.05, 0.1) is 12.7 Å². The summed E-state index contributed by atoms with van der Waals surface area (Å²) in [5.41, 5.74) is 5.93. The summed E-state index contributed by atoms with van der Waals surface area (Å²) in [5.74, 6) is -0.0435. The fraction of sp³-hybridized carbons (Fsp3) is 0.933. The fourth-order valence-electron chi connectivity index (χ4n) is 3.55. The van der Waals surface area contributed by atoms with Crippen molar-refractivity contribution in [1.29, 1.82) is 0 Å². The molecule has 5 nitrogen and oxygen atoms in total. The highest BCUT2D eigenvalue weighted by atomic mass is 16.5. The lowest BCUT2D eigenvalue weighted by Crippen LogP contribution is -2.66. The molecule has 0 saturated heterocycles. The molecule has 3 atom stereocenters. The van der Waals surface area contributed by atoms with E-state index in [1.54, 1.807) is 7.11 Å². The monoisotopic (exact) mass is 286 g/mol. The van der Waals surface area contributed by atoms with Crippen LogP contribution in [0.1, 0.15) is 40.0 Å². The molecule has 20 heavy (non-hydrogen) atoms. The Morgan fingerprint density at radius 2 is 2.00 bits per heavy atom. The predicted octanol–water partition coefficient (Wildman–Crippen LogP) is 1.40. The zero-order valence-corrected chi connectivity index (χ0v) is 13.5. The number of carbonyl (C=O) groups is 1. The fourth-order valence-corrected chi connectivity index (χ4v) is 3.55. The molecule has 0 radical (unpaired) electrons. The minimum Gasteiger partial charge on any atom is -0.383 e. The maximum atomic E-state index is 12.3.